The number of nitrogens with zero attached hydrogens (tertiary/aromatic N) is 3. The smallest absolute Gasteiger partial charge is 0.0894 e. The van der Waals surface area contributed by atoms with Crippen molar-refractivity contribution >= 4 is 45.5 Å². The van der Waals surface area contributed by atoms with E-state index >= 15 is 0 Å². The van der Waals surface area contributed by atoms with Gasteiger partial charge in [0.1, 0.15) is 0 Å². The van der Waals surface area contributed by atoms with Gasteiger partial charge >= 0.3 is 0 Å². The first-order valence-electron chi connectivity index (χ1n) is 9.30. The van der Waals surface area contributed by atoms with E-state index in [1.54, 1.807) is 0 Å². The summed E-state index contributed by atoms with van der Waals surface area (Å²) < 4.78 is 0. The van der Waals surface area contributed by atoms with Crippen LogP contribution in [0, 0.1) is 0 Å². The van der Waals surface area contributed by atoms with Crippen molar-refractivity contribution in [1.29, 1.82) is 0 Å². The molecule has 0 radical (unpaired) electrons. The van der Waals surface area contributed by atoms with Gasteiger partial charge in [0.25, 0.3) is 0 Å². The number of H-pyrrole nitrogens is 2. The molecule has 2 N–H and O–H groups in total. The molecule has 0 aliphatic carbocycles. The van der Waals surface area contributed by atoms with Gasteiger partial charge in [0.05, 0.1) is 28.5 Å². The average Bonchev–Trinajstić information content (AvgIpc) is 3.40. The summed E-state index contributed by atoms with van der Waals surface area (Å²) in [5, 5.41) is 0. The molecule has 0 amide bonds. The first-order valence-corrected chi connectivity index (χ1v) is 9.30. The zero-order valence-corrected chi connectivity index (χ0v) is 16.1. The Kier molecular flexibility index (Phi) is 3.69. The summed E-state index contributed by atoms with van der Waals surface area (Å²) in [6.07, 6.45) is 4.06. The highest BCUT2D eigenvalue weighted by Gasteiger charge is 2.18. The predicted molar refractivity (Wildman–Crippen MR) is 116 cm³/mol. The third-order valence-electron chi connectivity index (χ3n) is 5.01. The van der Waals surface area contributed by atoms with Gasteiger partial charge < -0.3 is 14.9 Å². The SMILES string of the molecule is CC1=C(N(C)C)c2cc3ccc(cc4ccc(cc5nc(cc1n2)C=C5)[nH]4)[nH]3. The van der Waals surface area contributed by atoms with Crippen LogP contribution in [0.5, 0.6) is 0 Å². The third kappa shape index (κ3) is 2.91. The van der Waals surface area contributed by atoms with Gasteiger partial charge in [0, 0.05) is 41.7 Å². The maximum absolute atomic E-state index is 4.90. The van der Waals surface area contributed by atoms with Crippen molar-refractivity contribution in [3.63, 3.8) is 0 Å². The molecule has 0 saturated heterocycles. The number of hydrogen-bond acceptors (Lipinski definition) is 3. The van der Waals surface area contributed by atoms with Crippen LogP contribution < -0.4 is 0 Å². The monoisotopic (exact) mass is 367 g/mol. The molecule has 3 aromatic rings. The topological polar surface area (TPSA) is 60.6 Å². The molecule has 3 aromatic heterocycles. The minimum Gasteiger partial charge on any atom is -0.376 e. The highest BCUT2D eigenvalue weighted by atomic mass is 15.1. The lowest BCUT2D eigenvalue weighted by atomic mass is 10.1. The molecule has 5 heteroatoms. The molecule has 28 heavy (non-hydrogen) atoms. The fourth-order valence-corrected chi connectivity index (χ4v) is 3.75. The molecule has 2 aliphatic heterocycles. The van der Waals surface area contributed by atoms with Gasteiger partial charge in [-0.25, -0.2) is 9.97 Å². The molecule has 8 bridgehead atoms. The van der Waals surface area contributed by atoms with Gasteiger partial charge in [-0.2, -0.15) is 0 Å². The van der Waals surface area contributed by atoms with Crippen LogP contribution in [0.15, 0.2) is 48.5 Å². The molecule has 0 atom stereocenters. The lowest BCUT2D eigenvalue weighted by Crippen LogP contribution is -2.09. The van der Waals surface area contributed by atoms with Gasteiger partial charge in [-0.3, -0.25) is 0 Å². The fourth-order valence-electron chi connectivity index (χ4n) is 3.75. The van der Waals surface area contributed by atoms with Gasteiger partial charge in [-0.15, -0.1) is 0 Å². The second-order valence-electron chi connectivity index (χ2n) is 7.36. The Morgan fingerprint density at radius 1 is 0.679 bits per heavy atom. The van der Waals surface area contributed by atoms with E-state index in [1.165, 1.54) is 0 Å². The van der Waals surface area contributed by atoms with Crippen molar-refractivity contribution in [2.24, 2.45) is 0 Å². The Hall–Kier alpha value is -3.60. The highest BCUT2D eigenvalue weighted by molar-refractivity contribution is 5.91. The summed E-state index contributed by atoms with van der Waals surface area (Å²) in [5.41, 5.74) is 10.2. The van der Waals surface area contributed by atoms with Crippen molar-refractivity contribution in [2.75, 3.05) is 14.1 Å². The summed E-state index contributed by atoms with van der Waals surface area (Å²) in [6.45, 7) is 2.11. The van der Waals surface area contributed by atoms with Crippen molar-refractivity contribution in [2.45, 2.75) is 6.92 Å². The van der Waals surface area contributed by atoms with E-state index in [1.807, 2.05) is 12.2 Å². The lowest BCUT2D eigenvalue weighted by molar-refractivity contribution is 0.593. The van der Waals surface area contributed by atoms with Crippen LogP contribution in [-0.4, -0.2) is 38.9 Å². The minimum atomic E-state index is 0.913. The summed E-state index contributed by atoms with van der Waals surface area (Å²) in [4.78, 5) is 18.6. The molecular weight excluding hydrogens is 346 g/mol. The second kappa shape index (κ2) is 6.23. The molecule has 0 saturated carbocycles. The predicted octanol–water partition coefficient (Wildman–Crippen LogP) is 4.94. The number of rotatable bonds is 1. The van der Waals surface area contributed by atoms with Crippen molar-refractivity contribution < 1.29 is 0 Å². The largest absolute Gasteiger partial charge is 0.376 e. The summed E-state index contributed by atoms with van der Waals surface area (Å²) in [5.74, 6) is 0. The second-order valence-corrected chi connectivity index (χ2v) is 7.36. The number of hydrogen-bond donors (Lipinski definition) is 2. The van der Waals surface area contributed by atoms with E-state index in [0.717, 1.165) is 56.1 Å². The third-order valence-corrected chi connectivity index (χ3v) is 5.01. The molecule has 138 valence electrons. The van der Waals surface area contributed by atoms with Crippen molar-refractivity contribution in [3.8, 4) is 0 Å². The zero-order chi connectivity index (χ0) is 19.3. The van der Waals surface area contributed by atoms with Crippen LogP contribution in [0.3, 0.4) is 0 Å². The Bertz CT molecular complexity index is 1300. The number of aromatic nitrogens is 4. The minimum absolute atomic E-state index is 0.913. The quantitative estimate of drug-likeness (QED) is 0.501. The molecule has 0 spiro atoms. The van der Waals surface area contributed by atoms with Crippen molar-refractivity contribution in [1.82, 2.24) is 24.8 Å². The van der Waals surface area contributed by atoms with E-state index in [2.05, 4.69) is 84.4 Å². The maximum atomic E-state index is 4.90. The van der Waals surface area contributed by atoms with Crippen LogP contribution >= 0.6 is 0 Å². The molecule has 0 unspecified atom stereocenters. The number of aromatic amines is 2. The van der Waals surface area contributed by atoms with Crippen molar-refractivity contribution in [3.05, 3.63) is 71.3 Å². The molecule has 0 aromatic carbocycles. The Labute approximate surface area is 163 Å². The number of fused-ring (bicyclic) bond motifs is 8. The standard InChI is InChI=1S/C23H21N5/c1-14-21-12-19-8-6-17(25-19)10-15-4-5-16(24-15)11-18-7-9-20(26-18)13-22(27-21)23(14)28(2)3/h4-13,24,26H,1-3H3. The van der Waals surface area contributed by atoms with Crippen LogP contribution in [0.25, 0.3) is 45.5 Å². The first-order chi connectivity index (χ1) is 13.5. The molecule has 5 heterocycles. The Balaban J connectivity index is 1.87. The molecule has 5 rings (SSSR count). The number of nitrogens with one attached hydrogen (secondary N) is 2. The zero-order valence-electron chi connectivity index (χ0n) is 16.1. The first kappa shape index (κ1) is 16.6. The average molecular weight is 367 g/mol. The molecule has 5 nitrogen and oxygen atoms in total. The summed E-state index contributed by atoms with van der Waals surface area (Å²) in [7, 11) is 4.11. The van der Waals surface area contributed by atoms with Gasteiger partial charge in [-0.1, -0.05) is 0 Å². The maximum Gasteiger partial charge on any atom is 0.0894 e. The van der Waals surface area contributed by atoms with Crippen LogP contribution in [0.4, 0.5) is 0 Å². The normalized spacial score (nSPS) is 13.2. The van der Waals surface area contributed by atoms with E-state index in [4.69, 9.17) is 9.97 Å². The van der Waals surface area contributed by atoms with E-state index in [9.17, 15) is 0 Å². The van der Waals surface area contributed by atoms with Crippen LogP contribution in [-0.2, 0) is 0 Å². The highest BCUT2D eigenvalue weighted by Crippen LogP contribution is 2.31. The molecule has 2 aliphatic rings. The Morgan fingerprint density at radius 2 is 1.25 bits per heavy atom. The molecular formula is C23H21N5. The summed E-state index contributed by atoms with van der Waals surface area (Å²) >= 11 is 0. The van der Waals surface area contributed by atoms with Gasteiger partial charge in [-0.05, 0) is 67.6 Å². The van der Waals surface area contributed by atoms with E-state index in [0.29, 0.717) is 0 Å². The fraction of sp³-hybridized carbons (Fsp3) is 0.130. The van der Waals surface area contributed by atoms with Crippen LogP contribution in [0.2, 0.25) is 0 Å². The summed E-state index contributed by atoms with van der Waals surface area (Å²) in [6, 6.07) is 16.6. The lowest BCUT2D eigenvalue weighted by Gasteiger charge is -2.14. The molecule has 0 fully saturated rings. The van der Waals surface area contributed by atoms with Gasteiger partial charge in [0.2, 0.25) is 0 Å². The number of allylic oxidation sites excluding steroid dienone is 1. The van der Waals surface area contributed by atoms with E-state index in [-0.39, 0.29) is 0 Å². The van der Waals surface area contributed by atoms with E-state index < -0.39 is 0 Å². The Morgan fingerprint density at radius 3 is 1.89 bits per heavy atom. The van der Waals surface area contributed by atoms with Crippen LogP contribution in [0.1, 0.15) is 29.7 Å². The van der Waals surface area contributed by atoms with Gasteiger partial charge in [0.15, 0.2) is 0 Å².